The molecule has 0 radical (unpaired) electrons. The molecule has 1 atom stereocenters. The molecular formula is C20H22N2O3S. The van der Waals surface area contributed by atoms with Crippen molar-refractivity contribution in [1.29, 1.82) is 0 Å². The van der Waals surface area contributed by atoms with Gasteiger partial charge in [0.05, 0.1) is 31.2 Å². The molecule has 0 aromatic heterocycles. The topological polar surface area (TPSA) is 62.1 Å². The van der Waals surface area contributed by atoms with Crippen molar-refractivity contribution < 1.29 is 14.6 Å². The van der Waals surface area contributed by atoms with Gasteiger partial charge in [0.2, 0.25) is 0 Å². The van der Waals surface area contributed by atoms with E-state index in [2.05, 4.69) is 5.10 Å². The summed E-state index contributed by atoms with van der Waals surface area (Å²) in [7, 11) is 1.63. The van der Waals surface area contributed by atoms with Crippen molar-refractivity contribution in [2.75, 3.05) is 25.2 Å². The van der Waals surface area contributed by atoms with Gasteiger partial charge in [-0.25, -0.2) is 5.01 Å². The molecule has 1 amide bonds. The molecular weight excluding hydrogens is 348 g/mol. The highest BCUT2D eigenvalue weighted by atomic mass is 32.2. The molecule has 1 N–H and O–H groups in total. The molecule has 0 unspecified atom stereocenters. The summed E-state index contributed by atoms with van der Waals surface area (Å²) in [5.74, 6) is 1.59. The molecule has 1 heterocycles. The maximum Gasteiger partial charge on any atom is 0.253 e. The van der Waals surface area contributed by atoms with E-state index in [1.165, 1.54) is 11.8 Å². The lowest BCUT2D eigenvalue weighted by molar-refractivity contribution is -0.130. The second-order valence-electron chi connectivity index (χ2n) is 5.92. The number of benzene rings is 2. The second kappa shape index (κ2) is 8.87. The molecule has 0 bridgehead atoms. The maximum atomic E-state index is 12.7. The monoisotopic (exact) mass is 370 g/mol. The lowest BCUT2D eigenvalue weighted by atomic mass is 9.98. The molecule has 2 aromatic rings. The molecule has 2 aromatic carbocycles. The minimum Gasteiger partial charge on any atom is -0.497 e. The number of aliphatic hydroxyl groups is 1. The van der Waals surface area contributed by atoms with E-state index in [9.17, 15) is 4.79 Å². The van der Waals surface area contributed by atoms with Crippen LogP contribution in [0, 0.1) is 0 Å². The van der Waals surface area contributed by atoms with Crippen LogP contribution in [0.1, 0.15) is 23.6 Å². The average molecular weight is 370 g/mol. The lowest BCUT2D eigenvalue weighted by Gasteiger charge is -2.22. The van der Waals surface area contributed by atoms with Gasteiger partial charge >= 0.3 is 0 Å². The van der Waals surface area contributed by atoms with Gasteiger partial charge in [-0.2, -0.15) is 5.10 Å². The highest BCUT2D eigenvalue weighted by molar-refractivity contribution is 7.99. The number of methoxy groups -OCH3 is 1. The Bertz CT molecular complexity index is 762. The molecule has 26 heavy (non-hydrogen) atoms. The van der Waals surface area contributed by atoms with Gasteiger partial charge in [0, 0.05) is 12.2 Å². The Morgan fingerprint density at radius 2 is 1.96 bits per heavy atom. The van der Waals surface area contributed by atoms with E-state index in [1.807, 2.05) is 54.6 Å². The Morgan fingerprint density at radius 1 is 1.23 bits per heavy atom. The number of ether oxygens (including phenoxy) is 1. The summed E-state index contributed by atoms with van der Waals surface area (Å²) < 4.78 is 5.23. The zero-order chi connectivity index (χ0) is 18.4. The quantitative estimate of drug-likeness (QED) is 0.761. The number of nitrogens with zero attached hydrogens (tertiary/aromatic N) is 2. The number of carbonyl (C=O) groups is 1. The van der Waals surface area contributed by atoms with Crippen molar-refractivity contribution in [3.63, 3.8) is 0 Å². The Balaban J connectivity index is 1.85. The SMILES string of the molecule is COc1ccc([C@H]2CC(c3ccccc3)=NN2C(=O)CSCCO)cc1. The van der Waals surface area contributed by atoms with Crippen LogP contribution in [-0.4, -0.2) is 47.0 Å². The van der Waals surface area contributed by atoms with E-state index in [4.69, 9.17) is 9.84 Å². The molecule has 0 fully saturated rings. The number of carbonyl (C=O) groups excluding carboxylic acids is 1. The minimum absolute atomic E-state index is 0.0461. The summed E-state index contributed by atoms with van der Waals surface area (Å²) in [5, 5.41) is 15.2. The fourth-order valence-corrected chi connectivity index (χ4v) is 3.50. The van der Waals surface area contributed by atoms with Crippen LogP contribution in [0.25, 0.3) is 0 Å². The fourth-order valence-electron chi connectivity index (χ4n) is 2.92. The van der Waals surface area contributed by atoms with Crippen molar-refractivity contribution in [1.82, 2.24) is 5.01 Å². The predicted molar refractivity (Wildman–Crippen MR) is 105 cm³/mol. The smallest absolute Gasteiger partial charge is 0.253 e. The van der Waals surface area contributed by atoms with Crippen LogP contribution in [0.5, 0.6) is 5.75 Å². The molecule has 0 saturated heterocycles. The number of aliphatic hydroxyl groups excluding tert-OH is 1. The van der Waals surface area contributed by atoms with E-state index in [-0.39, 0.29) is 18.6 Å². The Labute approximate surface area is 157 Å². The molecule has 5 nitrogen and oxygen atoms in total. The first-order valence-corrected chi connectivity index (χ1v) is 9.66. The van der Waals surface area contributed by atoms with E-state index in [0.717, 1.165) is 22.6 Å². The van der Waals surface area contributed by atoms with Crippen molar-refractivity contribution in [3.8, 4) is 5.75 Å². The average Bonchev–Trinajstić information content (AvgIpc) is 3.14. The summed E-state index contributed by atoms with van der Waals surface area (Å²) >= 11 is 1.42. The standard InChI is InChI=1S/C20H22N2O3S/c1-25-17-9-7-16(8-10-17)19-13-18(15-5-3-2-4-6-15)21-22(19)20(24)14-26-12-11-23/h2-10,19,23H,11-14H2,1H3/t19-/m1/s1. The number of hydrazone groups is 1. The van der Waals surface area contributed by atoms with Gasteiger partial charge in [-0.1, -0.05) is 42.5 Å². The summed E-state index contributed by atoms with van der Waals surface area (Å²) in [6.07, 6.45) is 0.673. The lowest BCUT2D eigenvalue weighted by Crippen LogP contribution is -2.28. The molecule has 6 heteroatoms. The highest BCUT2D eigenvalue weighted by Gasteiger charge is 2.32. The summed E-state index contributed by atoms with van der Waals surface area (Å²) in [4.78, 5) is 12.7. The number of thioether (sulfide) groups is 1. The Morgan fingerprint density at radius 3 is 2.62 bits per heavy atom. The maximum absolute atomic E-state index is 12.7. The molecule has 0 aliphatic carbocycles. The van der Waals surface area contributed by atoms with Crippen LogP contribution in [0.3, 0.4) is 0 Å². The third-order valence-corrected chi connectivity index (χ3v) is 5.16. The number of hydrogen-bond acceptors (Lipinski definition) is 5. The van der Waals surface area contributed by atoms with Crippen LogP contribution in [0.2, 0.25) is 0 Å². The van der Waals surface area contributed by atoms with Gasteiger partial charge in [0.15, 0.2) is 0 Å². The number of amides is 1. The van der Waals surface area contributed by atoms with Crippen LogP contribution < -0.4 is 4.74 Å². The second-order valence-corrected chi connectivity index (χ2v) is 7.03. The summed E-state index contributed by atoms with van der Waals surface area (Å²) in [6, 6.07) is 17.6. The minimum atomic E-state index is -0.127. The van der Waals surface area contributed by atoms with Crippen LogP contribution in [-0.2, 0) is 4.79 Å². The fraction of sp³-hybridized carbons (Fsp3) is 0.300. The van der Waals surface area contributed by atoms with E-state index < -0.39 is 0 Å². The van der Waals surface area contributed by atoms with E-state index in [1.54, 1.807) is 12.1 Å². The molecule has 3 rings (SSSR count). The van der Waals surface area contributed by atoms with Crippen LogP contribution in [0.4, 0.5) is 0 Å². The predicted octanol–water partition coefficient (Wildman–Crippen LogP) is 3.10. The molecule has 0 saturated carbocycles. The number of hydrogen-bond donors (Lipinski definition) is 1. The summed E-state index contributed by atoms with van der Waals surface area (Å²) in [5.41, 5.74) is 2.97. The van der Waals surface area contributed by atoms with Gasteiger partial charge < -0.3 is 9.84 Å². The first-order chi connectivity index (χ1) is 12.7. The first-order valence-electron chi connectivity index (χ1n) is 8.50. The van der Waals surface area contributed by atoms with Crippen molar-refractivity contribution in [2.24, 2.45) is 5.10 Å². The van der Waals surface area contributed by atoms with Gasteiger partial charge in [-0.05, 0) is 23.3 Å². The molecule has 136 valence electrons. The third-order valence-electron chi connectivity index (χ3n) is 4.23. The zero-order valence-corrected chi connectivity index (χ0v) is 15.5. The van der Waals surface area contributed by atoms with Crippen molar-refractivity contribution in [2.45, 2.75) is 12.5 Å². The van der Waals surface area contributed by atoms with Crippen LogP contribution >= 0.6 is 11.8 Å². The Hall–Kier alpha value is -2.31. The summed E-state index contributed by atoms with van der Waals surface area (Å²) in [6.45, 7) is 0.0678. The van der Waals surface area contributed by atoms with Gasteiger partial charge in [0.1, 0.15) is 5.75 Å². The van der Waals surface area contributed by atoms with Crippen LogP contribution in [0.15, 0.2) is 59.7 Å². The van der Waals surface area contributed by atoms with Gasteiger partial charge in [0.25, 0.3) is 5.91 Å². The molecule has 1 aliphatic heterocycles. The molecule has 0 spiro atoms. The largest absolute Gasteiger partial charge is 0.497 e. The zero-order valence-electron chi connectivity index (χ0n) is 14.7. The third kappa shape index (κ3) is 4.26. The number of rotatable bonds is 7. The highest BCUT2D eigenvalue weighted by Crippen LogP contribution is 2.34. The van der Waals surface area contributed by atoms with Gasteiger partial charge in [-0.3, -0.25) is 4.79 Å². The molecule has 1 aliphatic rings. The Kier molecular flexibility index (Phi) is 6.30. The first kappa shape index (κ1) is 18.5. The van der Waals surface area contributed by atoms with Crippen molar-refractivity contribution >= 4 is 23.4 Å². The normalized spacial score (nSPS) is 16.5. The van der Waals surface area contributed by atoms with E-state index in [0.29, 0.717) is 17.9 Å². The van der Waals surface area contributed by atoms with E-state index >= 15 is 0 Å². The van der Waals surface area contributed by atoms with Gasteiger partial charge in [-0.15, -0.1) is 11.8 Å². The van der Waals surface area contributed by atoms with Crippen molar-refractivity contribution in [3.05, 3.63) is 65.7 Å².